The van der Waals surface area contributed by atoms with Gasteiger partial charge < -0.3 is 15.4 Å². The summed E-state index contributed by atoms with van der Waals surface area (Å²) in [5.41, 5.74) is 3.80. The Hall–Kier alpha value is -1.90. The number of pyridine rings is 2. The molecule has 1 fully saturated rings. The first-order valence-electron chi connectivity index (χ1n) is 7.97. The molecule has 1 saturated heterocycles. The van der Waals surface area contributed by atoms with E-state index in [1.807, 2.05) is 4.90 Å². The third kappa shape index (κ3) is 2.25. The lowest BCUT2D eigenvalue weighted by Crippen LogP contribution is -2.47. The highest BCUT2D eigenvalue weighted by Crippen LogP contribution is 2.38. The number of β-amino-alcohol motifs (C(OH)–C–C–N with tert-alkyl or cyclic N) is 1. The molecule has 0 radical (unpaired) electrons. The van der Waals surface area contributed by atoms with E-state index in [0.29, 0.717) is 13.1 Å². The van der Waals surface area contributed by atoms with Gasteiger partial charge in [0.05, 0.1) is 29.3 Å². The van der Waals surface area contributed by atoms with Gasteiger partial charge in [-0.1, -0.05) is 0 Å². The number of rotatable bonds is 2. The summed E-state index contributed by atoms with van der Waals surface area (Å²) in [6, 6.07) is 1.13. The van der Waals surface area contributed by atoms with Crippen LogP contribution in [-0.4, -0.2) is 45.2 Å². The Balaban J connectivity index is 1.80. The minimum Gasteiger partial charge on any atom is -0.382 e. The number of piperidine rings is 1. The molecule has 4 heterocycles. The van der Waals surface area contributed by atoms with Crippen LogP contribution in [0.1, 0.15) is 18.4 Å². The van der Waals surface area contributed by atoms with E-state index in [1.165, 1.54) is 0 Å². The van der Waals surface area contributed by atoms with E-state index in [9.17, 15) is 18.7 Å². The fourth-order valence-corrected chi connectivity index (χ4v) is 3.83. The molecule has 0 aliphatic carbocycles. The molecule has 2 aromatic rings. The topological polar surface area (TPSA) is 84.4 Å². The summed E-state index contributed by atoms with van der Waals surface area (Å²) in [5, 5.41) is 11.1. The van der Waals surface area contributed by atoms with Crippen molar-refractivity contribution in [2.75, 3.05) is 19.6 Å². The summed E-state index contributed by atoms with van der Waals surface area (Å²) in [6.07, 6.45) is 2.56. The standard InChI is InChI=1S/C16H18F2N4O2/c17-10-5-12-14-13(11(18)6-20-12)16(24,8-22(14)15(10)23)7-21-3-1-9(19)2-4-21/h5-6,9,24H,1-4,7-8,19H2. The van der Waals surface area contributed by atoms with E-state index in [1.54, 1.807) is 0 Å². The van der Waals surface area contributed by atoms with Gasteiger partial charge in [-0.2, -0.15) is 0 Å². The van der Waals surface area contributed by atoms with Crippen molar-refractivity contribution >= 4 is 11.0 Å². The van der Waals surface area contributed by atoms with E-state index in [2.05, 4.69) is 4.98 Å². The predicted octanol–water partition coefficient (Wildman–Crippen LogP) is 0.299. The van der Waals surface area contributed by atoms with Crippen LogP contribution < -0.4 is 11.3 Å². The van der Waals surface area contributed by atoms with Crippen molar-refractivity contribution in [1.29, 1.82) is 0 Å². The monoisotopic (exact) mass is 336 g/mol. The molecule has 0 aromatic carbocycles. The maximum atomic E-state index is 14.4. The number of hydrogen-bond donors (Lipinski definition) is 2. The lowest BCUT2D eigenvalue weighted by molar-refractivity contribution is -0.0151. The highest BCUT2D eigenvalue weighted by atomic mass is 19.1. The third-order valence-electron chi connectivity index (χ3n) is 5.02. The van der Waals surface area contributed by atoms with Gasteiger partial charge in [0.2, 0.25) is 0 Å². The van der Waals surface area contributed by atoms with Gasteiger partial charge in [-0.15, -0.1) is 0 Å². The maximum absolute atomic E-state index is 14.4. The second-order valence-corrected chi connectivity index (χ2v) is 6.74. The van der Waals surface area contributed by atoms with Crippen molar-refractivity contribution in [3.63, 3.8) is 0 Å². The quantitative estimate of drug-likeness (QED) is 0.824. The average Bonchev–Trinajstić information content (AvgIpc) is 2.85. The molecule has 6 nitrogen and oxygen atoms in total. The van der Waals surface area contributed by atoms with Crippen molar-refractivity contribution < 1.29 is 13.9 Å². The van der Waals surface area contributed by atoms with E-state index < -0.39 is 22.8 Å². The molecule has 2 aromatic heterocycles. The first-order chi connectivity index (χ1) is 11.4. The number of nitrogens with zero attached hydrogens (tertiary/aromatic N) is 3. The molecular formula is C16H18F2N4O2. The number of hydrogen-bond acceptors (Lipinski definition) is 5. The van der Waals surface area contributed by atoms with Gasteiger partial charge in [-0.25, -0.2) is 8.78 Å². The average molecular weight is 336 g/mol. The maximum Gasteiger partial charge on any atom is 0.287 e. The Kier molecular flexibility index (Phi) is 3.45. The normalized spacial score (nSPS) is 24.8. The van der Waals surface area contributed by atoms with Gasteiger partial charge in [0.1, 0.15) is 11.4 Å². The molecule has 2 aliphatic heterocycles. The molecule has 0 bridgehead atoms. The number of nitrogens with two attached hydrogens (primary N) is 1. The summed E-state index contributed by atoms with van der Waals surface area (Å²) in [5.74, 6) is -1.64. The number of halogens is 2. The summed E-state index contributed by atoms with van der Waals surface area (Å²) in [7, 11) is 0. The largest absolute Gasteiger partial charge is 0.382 e. The molecule has 4 rings (SSSR count). The van der Waals surface area contributed by atoms with Gasteiger partial charge >= 0.3 is 0 Å². The molecule has 128 valence electrons. The van der Waals surface area contributed by atoms with Crippen molar-refractivity contribution in [2.24, 2.45) is 5.73 Å². The van der Waals surface area contributed by atoms with E-state index in [-0.39, 0.29) is 35.7 Å². The minimum atomic E-state index is -1.59. The zero-order valence-corrected chi connectivity index (χ0v) is 13.0. The summed E-state index contributed by atoms with van der Waals surface area (Å²) >= 11 is 0. The summed E-state index contributed by atoms with van der Waals surface area (Å²) < 4.78 is 29.3. The SMILES string of the molecule is NC1CCN(CC2(O)Cn3c(=O)c(F)cc4ncc(F)c2c43)CC1. The smallest absolute Gasteiger partial charge is 0.287 e. The Morgan fingerprint density at radius 3 is 2.75 bits per heavy atom. The Morgan fingerprint density at radius 1 is 1.33 bits per heavy atom. The van der Waals surface area contributed by atoms with Gasteiger partial charge in [0, 0.05) is 18.7 Å². The molecule has 1 unspecified atom stereocenters. The molecule has 8 heteroatoms. The van der Waals surface area contributed by atoms with Gasteiger partial charge in [-0.05, 0) is 25.9 Å². The fraction of sp³-hybridized carbons (Fsp3) is 0.500. The summed E-state index contributed by atoms with van der Waals surface area (Å²) in [6.45, 7) is 1.37. The Labute approximate surface area is 136 Å². The van der Waals surface area contributed by atoms with Crippen LogP contribution in [0.15, 0.2) is 17.1 Å². The van der Waals surface area contributed by atoms with Crippen LogP contribution in [0.3, 0.4) is 0 Å². The minimum absolute atomic E-state index is 0.0273. The predicted molar refractivity (Wildman–Crippen MR) is 83.5 cm³/mol. The van der Waals surface area contributed by atoms with Crippen molar-refractivity contribution in [3.05, 3.63) is 39.8 Å². The second-order valence-electron chi connectivity index (χ2n) is 6.74. The second kappa shape index (κ2) is 5.30. The van der Waals surface area contributed by atoms with Crippen LogP contribution >= 0.6 is 0 Å². The third-order valence-corrected chi connectivity index (χ3v) is 5.02. The van der Waals surface area contributed by atoms with Crippen LogP contribution in [0.5, 0.6) is 0 Å². The van der Waals surface area contributed by atoms with Gasteiger partial charge in [0.15, 0.2) is 5.82 Å². The number of likely N-dealkylation sites (tertiary alicyclic amines) is 1. The van der Waals surface area contributed by atoms with Crippen LogP contribution in [0, 0.1) is 11.6 Å². The molecule has 2 aliphatic rings. The van der Waals surface area contributed by atoms with Gasteiger partial charge in [-0.3, -0.25) is 14.7 Å². The van der Waals surface area contributed by atoms with E-state index in [4.69, 9.17) is 5.73 Å². The fourth-order valence-electron chi connectivity index (χ4n) is 3.83. The number of aliphatic hydroxyl groups is 1. The molecule has 1 atom stereocenters. The van der Waals surface area contributed by atoms with Crippen LogP contribution in [0.25, 0.3) is 11.0 Å². The van der Waals surface area contributed by atoms with Crippen molar-refractivity contribution in [3.8, 4) is 0 Å². The Bertz CT molecular complexity index is 876. The zero-order valence-electron chi connectivity index (χ0n) is 13.0. The van der Waals surface area contributed by atoms with Crippen LogP contribution in [0.4, 0.5) is 8.78 Å². The zero-order chi connectivity index (χ0) is 17.1. The van der Waals surface area contributed by atoms with Gasteiger partial charge in [0.25, 0.3) is 5.56 Å². The van der Waals surface area contributed by atoms with E-state index in [0.717, 1.165) is 29.7 Å². The molecule has 0 saturated carbocycles. The van der Waals surface area contributed by atoms with E-state index >= 15 is 0 Å². The lowest BCUT2D eigenvalue weighted by atomic mass is 9.93. The van der Waals surface area contributed by atoms with Crippen molar-refractivity contribution in [1.82, 2.24) is 14.5 Å². The summed E-state index contributed by atoms with van der Waals surface area (Å²) in [4.78, 5) is 17.9. The first kappa shape index (κ1) is 15.6. The highest BCUT2D eigenvalue weighted by Gasteiger charge is 2.43. The molecule has 24 heavy (non-hydrogen) atoms. The first-order valence-corrected chi connectivity index (χ1v) is 7.97. The molecule has 3 N–H and O–H groups in total. The molecule has 0 amide bonds. The number of aromatic nitrogens is 2. The lowest BCUT2D eigenvalue weighted by Gasteiger charge is -2.35. The Morgan fingerprint density at radius 2 is 2.04 bits per heavy atom. The van der Waals surface area contributed by atoms with Crippen molar-refractivity contribution in [2.45, 2.75) is 31.0 Å². The van der Waals surface area contributed by atoms with Crippen LogP contribution in [0.2, 0.25) is 0 Å². The molecular weight excluding hydrogens is 318 g/mol. The highest BCUT2D eigenvalue weighted by molar-refractivity contribution is 5.81. The molecule has 0 spiro atoms. The van der Waals surface area contributed by atoms with Crippen LogP contribution in [-0.2, 0) is 12.1 Å².